The number of hydrogen-bond acceptors (Lipinski definition) is 4. The van der Waals surface area contributed by atoms with Crippen LogP contribution in [0.5, 0.6) is 0 Å². The molecule has 3 N–H and O–H groups in total. The molecule has 0 aliphatic carbocycles. The summed E-state index contributed by atoms with van der Waals surface area (Å²) in [6.07, 6.45) is 0. The highest BCUT2D eigenvalue weighted by Gasteiger charge is 2.33. The molecule has 3 aromatic rings. The van der Waals surface area contributed by atoms with Crippen molar-refractivity contribution in [2.24, 2.45) is 5.10 Å². The van der Waals surface area contributed by atoms with Crippen molar-refractivity contribution >= 4 is 17.6 Å². The van der Waals surface area contributed by atoms with E-state index in [2.05, 4.69) is 26.0 Å². The highest BCUT2D eigenvalue weighted by molar-refractivity contribution is 6.18. The monoisotopic (exact) mass is 345 g/mol. The highest BCUT2D eigenvalue weighted by atomic mass is 16.2. The molecule has 128 valence electrons. The number of hydrazone groups is 1. The van der Waals surface area contributed by atoms with E-state index >= 15 is 0 Å². The molecule has 1 aliphatic rings. The van der Waals surface area contributed by atoms with Crippen molar-refractivity contribution in [1.29, 1.82) is 0 Å². The number of amidine groups is 1. The third-order valence-electron chi connectivity index (χ3n) is 4.09. The van der Waals surface area contributed by atoms with Gasteiger partial charge in [0.15, 0.2) is 0 Å². The first-order chi connectivity index (χ1) is 12.7. The number of H-pyrrole nitrogens is 1. The standard InChI is InChI=1S/C19H15N5O2/c25-18(15-11-14(21-22-15)12-7-3-1-4-8-12)20-17-16(19(26)24-23-17)13-9-5-2-6-10-13/h1-11,16H,(H,21,22)(H,24,26)(H,20,23,25)/t16-/m0/s1. The van der Waals surface area contributed by atoms with Crippen molar-refractivity contribution in [2.45, 2.75) is 5.92 Å². The van der Waals surface area contributed by atoms with Crippen LogP contribution < -0.4 is 10.7 Å². The van der Waals surface area contributed by atoms with Gasteiger partial charge < -0.3 is 5.32 Å². The Morgan fingerprint density at radius 2 is 1.69 bits per heavy atom. The average Bonchev–Trinajstić information content (AvgIpc) is 3.31. The van der Waals surface area contributed by atoms with E-state index in [1.165, 1.54) is 0 Å². The minimum absolute atomic E-state index is 0.266. The molecular weight excluding hydrogens is 330 g/mol. The van der Waals surface area contributed by atoms with Crippen LogP contribution >= 0.6 is 0 Å². The van der Waals surface area contributed by atoms with Gasteiger partial charge in [0.25, 0.3) is 11.8 Å². The molecule has 0 unspecified atom stereocenters. The molecule has 4 rings (SSSR count). The van der Waals surface area contributed by atoms with Crippen LogP contribution in [0.4, 0.5) is 0 Å². The molecular formula is C19H15N5O2. The van der Waals surface area contributed by atoms with Gasteiger partial charge in [-0.05, 0) is 11.6 Å². The molecule has 26 heavy (non-hydrogen) atoms. The van der Waals surface area contributed by atoms with E-state index in [1.807, 2.05) is 60.7 Å². The molecule has 1 aliphatic heterocycles. The smallest absolute Gasteiger partial charge is 0.274 e. The van der Waals surface area contributed by atoms with Gasteiger partial charge in [-0.15, -0.1) is 0 Å². The summed E-state index contributed by atoms with van der Waals surface area (Å²) in [6.45, 7) is 0. The van der Waals surface area contributed by atoms with E-state index in [0.717, 1.165) is 11.1 Å². The topological polar surface area (TPSA) is 99.2 Å². The number of rotatable bonds is 3. The van der Waals surface area contributed by atoms with Crippen LogP contribution in [-0.2, 0) is 4.79 Å². The third kappa shape index (κ3) is 2.98. The number of benzene rings is 2. The van der Waals surface area contributed by atoms with Crippen LogP contribution in [0.2, 0.25) is 0 Å². The Morgan fingerprint density at radius 1 is 1.00 bits per heavy atom. The Labute approximate surface area is 149 Å². The van der Waals surface area contributed by atoms with Crippen LogP contribution in [0, 0.1) is 0 Å². The second-order valence-electron chi connectivity index (χ2n) is 5.80. The first-order valence-corrected chi connectivity index (χ1v) is 8.07. The maximum atomic E-state index is 12.5. The Hall–Kier alpha value is -3.74. The van der Waals surface area contributed by atoms with Gasteiger partial charge in [-0.2, -0.15) is 10.2 Å². The molecule has 2 heterocycles. The largest absolute Gasteiger partial charge is 0.306 e. The number of carbonyl (C=O) groups excluding carboxylic acids is 2. The van der Waals surface area contributed by atoms with E-state index in [9.17, 15) is 9.59 Å². The molecule has 2 amide bonds. The zero-order valence-corrected chi connectivity index (χ0v) is 13.6. The number of aromatic nitrogens is 2. The summed E-state index contributed by atoms with van der Waals surface area (Å²) < 4.78 is 0. The Kier molecular flexibility index (Phi) is 4.03. The van der Waals surface area contributed by atoms with Crippen molar-refractivity contribution in [3.63, 3.8) is 0 Å². The third-order valence-corrected chi connectivity index (χ3v) is 4.09. The molecule has 1 atom stereocenters. The molecule has 0 saturated carbocycles. The molecule has 0 radical (unpaired) electrons. The Bertz CT molecular complexity index is 979. The first kappa shape index (κ1) is 15.8. The lowest BCUT2D eigenvalue weighted by Crippen LogP contribution is -2.35. The fourth-order valence-electron chi connectivity index (χ4n) is 2.80. The zero-order valence-electron chi connectivity index (χ0n) is 13.6. The predicted octanol–water partition coefficient (Wildman–Crippen LogP) is 2.03. The molecule has 0 bridgehead atoms. The van der Waals surface area contributed by atoms with E-state index in [4.69, 9.17) is 0 Å². The second-order valence-corrected chi connectivity index (χ2v) is 5.80. The van der Waals surface area contributed by atoms with Gasteiger partial charge >= 0.3 is 0 Å². The minimum atomic E-state index is -0.642. The number of aromatic amines is 1. The highest BCUT2D eigenvalue weighted by Crippen LogP contribution is 2.21. The van der Waals surface area contributed by atoms with E-state index < -0.39 is 11.8 Å². The van der Waals surface area contributed by atoms with Gasteiger partial charge in [0, 0.05) is 5.56 Å². The van der Waals surface area contributed by atoms with Crippen molar-refractivity contribution in [2.75, 3.05) is 0 Å². The number of nitrogens with zero attached hydrogens (tertiary/aromatic N) is 2. The molecule has 7 heteroatoms. The lowest BCUT2D eigenvalue weighted by atomic mass is 9.98. The van der Waals surface area contributed by atoms with Crippen molar-refractivity contribution in [1.82, 2.24) is 20.9 Å². The second kappa shape index (κ2) is 6.64. The Balaban J connectivity index is 1.53. The van der Waals surface area contributed by atoms with Gasteiger partial charge in [-0.3, -0.25) is 14.7 Å². The normalized spacial score (nSPS) is 16.1. The fraction of sp³-hybridized carbons (Fsp3) is 0.0526. The van der Waals surface area contributed by atoms with Crippen molar-refractivity contribution in [3.05, 3.63) is 78.0 Å². The maximum absolute atomic E-state index is 12.5. The van der Waals surface area contributed by atoms with E-state index in [0.29, 0.717) is 5.69 Å². The molecule has 0 fully saturated rings. The molecule has 7 nitrogen and oxygen atoms in total. The van der Waals surface area contributed by atoms with E-state index in [-0.39, 0.29) is 17.4 Å². The summed E-state index contributed by atoms with van der Waals surface area (Å²) in [7, 11) is 0. The maximum Gasteiger partial charge on any atom is 0.274 e. The average molecular weight is 345 g/mol. The lowest BCUT2D eigenvalue weighted by Gasteiger charge is -2.11. The Morgan fingerprint density at radius 3 is 2.42 bits per heavy atom. The van der Waals surface area contributed by atoms with Gasteiger partial charge in [0.2, 0.25) is 0 Å². The predicted molar refractivity (Wildman–Crippen MR) is 96.3 cm³/mol. The molecule has 2 aromatic carbocycles. The number of nitrogens with one attached hydrogen (secondary N) is 3. The zero-order chi connectivity index (χ0) is 17.9. The van der Waals surface area contributed by atoms with Crippen LogP contribution in [0.3, 0.4) is 0 Å². The van der Waals surface area contributed by atoms with Crippen LogP contribution in [0.15, 0.2) is 71.8 Å². The van der Waals surface area contributed by atoms with Crippen LogP contribution in [0.1, 0.15) is 22.0 Å². The lowest BCUT2D eigenvalue weighted by molar-refractivity contribution is -0.120. The fourth-order valence-corrected chi connectivity index (χ4v) is 2.80. The quantitative estimate of drug-likeness (QED) is 0.677. The van der Waals surface area contributed by atoms with Crippen LogP contribution in [0.25, 0.3) is 11.3 Å². The first-order valence-electron chi connectivity index (χ1n) is 8.07. The molecule has 0 spiro atoms. The summed E-state index contributed by atoms with van der Waals surface area (Å²) >= 11 is 0. The van der Waals surface area contributed by atoms with Gasteiger partial charge in [-0.1, -0.05) is 60.7 Å². The summed E-state index contributed by atoms with van der Waals surface area (Å²) in [4.78, 5) is 24.6. The minimum Gasteiger partial charge on any atom is -0.306 e. The SMILES string of the molecule is O=C(NC1=NNC(=O)[C@H]1c1ccccc1)c1cc(-c2ccccc2)n[nH]1. The number of carbonyl (C=O) groups is 2. The summed E-state index contributed by atoms with van der Waals surface area (Å²) in [5, 5.41) is 13.5. The van der Waals surface area contributed by atoms with E-state index in [1.54, 1.807) is 6.07 Å². The summed E-state index contributed by atoms with van der Waals surface area (Å²) in [5.41, 5.74) is 5.03. The summed E-state index contributed by atoms with van der Waals surface area (Å²) in [5.74, 6) is -1.06. The van der Waals surface area contributed by atoms with Crippen molar-refractivity contribution in [3.8, 4) is 11.3 Å². The van der Waals surface area contributed by atoms with Gasteiger partial charge in [0.05, 0.1) is 5.69 Å². The number of amides is 2. The van der Waals surface area contributed by atoms with Gasteiger partial charge in [0.1, 0.15) is 17.4 Å². The summed E-state index contributed by atoms with van der Waals surface area (Å²) in [6, 6.07) is 20.4. The van der Waals surface area contributed by atoms with Gasteiger partial charge in [-0.25, -0.2) is 5.43 Å². The molecule has 0 saturated heterocycles. The van der Waals surface area contributed by atoms with Crippen LogP contribution in [-0.4, -0.2) is 27.8 Å². The van der Waals surface area contributed by atoms with Crippen molar-refractivity contribution < 1.29 is 9.59 Å². The molecule has 1 aromatic heterocycles. The number of hydrogen-bond donors (Lipinski definition) is 3.